The summed E-state index contributed by atoms with van der Waals surface area (Å²) in [5, 5.41) is 7.45. The topological polar surface area (TPSA) is 76.5 Å². The number of nitrogens with one attached hydrogen (secondary N) is 1. The predicted octanol–water partition coefficient (Wildman–Crippen LogP) is 6.73. The molecule has 232 valence electrons. The van der Waals surface area contributed by atoms with Gasteiger partial charge in [-0.1, -0.05) is 37.1 Å². The molecule has 2 fully saturated rings. The van der Waals surface area contributed by atoms with Crippen LogP contribution in [-0.2, 0) is 15.5 Å². The van der Waals surface area contributed by atoms with Gasteiger partial charge in [-0.2, -0.15) is 5.10 Å². The zero-order valence-electron chi connectivity index (χ0n) is 24.9. The number of piperidine rings is 1. The minimum Gasteiger partial charge on any atom is -0.460 e. The van der Waals surface area contributed by atoms with E-state index in [9.17, 15) is 27.2 Å². The van der Waals surface area contributed by atoms with Crippen LogP contribution in [0.3, 0.4) is 0 Å². The number of rotatable bonds is 10. The van der Waals surface area contributed by atoms with E-state index in [-0.39, 0.29) is 49.7 Å². The van der Waals surface area contributed by atoms with Crippen molar-refractivity contribution in [3.63, 3.8) is 0 Å². The van der Waals surface area contributed by atoms with Crippen LogP contribution < -0.4 is 5.32 Å². The lowest BCUT2D eigenvalue weighted by molar-refractivity contribution is -0.155. The van der Waals surface area contributed by atoms with Crippen LogP contribution in [-0.4, -0.2) is 63.8 Å². The van der Waals surface area contributed by atoms with Crippen LogP contribution in [0.15, 0.2) is 30.3 Å². The highest BCUT2D eigenvalue weighted by Gasteiger charge is 2.36. The molecular formula is C31H42F4N4O3. The second kappa shape index (κ2) is 12.7. The SMILES string of the molecule is CC(C)(C)OC(=O)CC(CCN1CCCC(F)(F)C1)NC(=O)c1cc(-c2ccccc2C(C)(F)F)n(C2CCCC2)n1. The highest BCUT2D eigenvalue weighted by Crippen LogP contribution is 2.39. The van der Waals surface area contributed by atoms with Crippen molar-refractivity contribution in [1.82, 2.24) is 20.0 Å². The van der Waals surface area contributed by atoms with Gasteiger partial charge in [-0.15, -0.1) is 0 Å². The van der Waals surface area contributed by atoms with Gasteiger partial charge < -0.3 is 10.1 Å². The molecule has 1 aliphatic heterocycles. The fourth-order valence-corrected chi connectivity index (χ4v) is 5.87. The largest absolute Gasteiger partial charge is 0.460 e. The fourth-order valence-electron chi connectivity index (χ4n) is 5.87. The average Bonchev–Trinajstić information content (AvgIpc) is 3.55. The van der Waals surface area contributed by atoms with Crippen molar-refractivity contribution in [1.29, 1.82) is 0 Å². The number of benzene rings is 1. The smallest absolute Gasteiger partial charge is 0.308 e. The number of hydrogen-bond acceptors (Lipinski definition) is 5. The first kappa shape index (κ1) is 32.0. The summed E-state index contributed by atoms with van der Waals surface area (Å²) in [7, 11) is 0. The Morgan fingerprint density at radius 1 is 1.12 bits per heavy atom. The Morgan fingerprint density at radius 2 is 1.81 bits per heavy atom. The van der Waals surface area contributed by atoms with E-state index >= 15 is 0 Å². The zero-order valence-corrected chi connectivity index (χ0v) is 24.9. The average molecular weight is 595 g/mol. The van der Waals surface area contributed by atoms with E-state index in [1.165, 1.54) is 12.1 Å². The lowest BCUT2D eigenvalue weighted by Crippen LogP contribution is -2.45. The minimum atomic E-state index is -3.10. The van der Waals surface area contributed by atoms with Crippen LogP contribution in [0.2, 0.25) is 0 Å². The van der Waals surface area contributed by atoms with Crippen molar-refractivity contribution in [3.05, 3.63) is 41.6 Å². The lowest BCUT2D eigenvalue weighted by Gasteiger charge is -2.33. The second-order valence-corrected chi connectivity index (χ2v) is 12.7. The molecule has 11 heteroatoms. The van der Waals surface area contributed by atoms with Crippen molar-refractivity contribution in [2.75, 3.05) is 19.6 Å². The number of ether oxygens (including phenoxy) is 1. The highest BCUT2D eigenvalue weighted by molar-refractivity contribution is 5.94. The zero-order chi connectivity index (χ0) is 30.7. The van der Waals surface area contributed by atoms with E-state index < -0.39 is 35.4 Å². The van der Waals surface area contributed by atoms with Crippen LogP contribution in [0.1, 0.15) is 101 Å². The predicted molar refractivity (Wildman–Crippen MR) is 152 cm³/mol. The quantitative estimate of drug-likeness (QED) is 0.244. The Labute approximate surface area is 245 Å². The number of alkyl halides is 4. The first-order chi connectivity index (χ1) is 19.6. The number of nitrogens with zero attached hydrogens (tertiary/aromatic N) is 3. The summed E-state index contributed by atoms with van der Waals surface area (Å²) in [6.07, 6.45) is 3.92. The van der Waals surface area contributed by atoms with Crippen molar-refractivity contribution in [3.8, 4) is 11.3 Å². The number of likely N-dealkylation sites (tertiary alicyclic amines) is 1. The molecule has 1 aromatic heterocycles. The molecule has 0 bridgehead atoms. The number of carbonyl (C=O) groups excluding carboxylic acids is 2. The molecule has 42 heavy (non-hydrogen) atoms. The summed E-state index contributed by atoms with van der Waals surface area (Å²) >= 11 is 0. The maximum Gasteiger partial charge on any atom is 0.308 e. The Hall–Kier alpha value is -2.95. The lowest BCUT2D eigenvalue weighted by atomic mass is 9.99. The molecule has 2 aliphatic rings. The van der Waals surface area contributed by atoms with Gasteiger partial charge in [-0.05, 0) is 59.1 Å². The minimum absolute atomic E-state index is 0.0292. The monoisotopic (exact) mass is 594 g/mol. The van der Waals surface area contributed by atoms with Crippen molar-refractivity contribution in [2.24, 2.45) is 0 Å². The van der Waals surface area contributed by atoms with Gasteiger partial charge in [0.15, 0.2) is 5.69 Å². The first-order valence-electron chi connectivity index (χ1n) is 14.8. The van der Waals surface area contributed by atoms with Crippen LogP contribution in [0.4, 0.5) is 17.6 Å². The van der Waals surface area contributed by atoms with Crippen LogP contribution in [0.5, 0.6) is 0 Å². The molecule has 1 N–H and O–H groups in total. The summed E-state index contributed by atoms with van der Waals surface area (Å²) in [4.78, 5) is 27.9. The molecule has 1 unspecified atom stereocenters. The maximum absolute atomic E-state index is 14.6. The molecule has 4 rings (SSSR count). The molecule has 1 aliphatic carbocycles. The number of hydrogen-bond donors (Lipinski definition) is 1. The van der Waals surface area contributed by atoms with E-state index in [1.54, 1.807) is 48.6 Å². The van der Waals surface area contributed by atoms with E-state index in [1.807, 2.05) is 0 Å². The standard InChI is InChI=1S/C31H42F4N4O3/c1-29(2,3)42-27(40)18-21(14-17-38-16-9-15-31(34,35)20-38)36-28(41)25-19-26(39(37-25)22-10-5-6-11-22)23-12-7-8-13-24(23)30(4,32)33/h7-8,12-13,19,21-22H,5-6,9-11,14-18,20H2,1-4H3,(H,36,41). The Balaban J connectivity index is 1.59. The number of halogens is 4. The van der Waals surface area contributed by atoms with Crippen LogP contribution in [0.25, 0.3) is 11.3 Å². The number of amides is 1. The van der Waals surface area contributed by atoms with Gasteiger partial charge in [0.25, 0.3) is 17.8 Å². The summed E-state index contributed by atoms with van der Waals surface area (Å²) in [6, 6.07) is 7.01. The molecule has 1 aromatic carbocycles. The third-order valence-corrected chi connectivity index (χ3v) is 7.75. The second-order valence-electron chi connectivity index (χ2n) is 12.7. The van der Waals surface area contributed by atoms with Gasteiger partial charge in [0.1, 0.15) is 5.60 Å². The maximum atomic E-state index is 14.6. The first-order valence-corrected chi connectivity index (χ1v) is 14.8. The van der Waals surface area contributed by atoms with Crippen molar-refractivity contribution >= 4 is 11.9 Å². The molecule has 2 heterocycles. The van der Waals surface area contributed by atoms with Gasteiger partial charge >= 0.3 is 5.97 Å². The van der Waals surface area contributed by atoms with Crippen molar-refractivity contribution < 1.29 is 31.9 Å². The third kappa shape index (κ3) is 8.55. The van der Waals surface area contributed by atoms with Gasteiger partial charge in [-0.25, -0.2) is 17.6 Å². The number of aromatic nitrogens is 2. The van der Waals surface area contributed by atoms with Gasteiger partial charge in [0, 0.05) is 37.1 Å². The van der Waals surface area contributed by atoms with E-state index in [0.717, 1.165) is 32.6 Å². The summed E-state index contributed by atoms with van der Waals surface area (Å²) < 4.78 is 64.2. The molecule has 1 atom stereocenters. The Kier molecular flexibility index (Phi) is 9.69. The van der Waals surface area contributed by atoms with Crippen molar-refractivity contribution in [2.45, 2.75) is 109 Å². The number of carbonyl (C=O) groups is 2. The van der Waals surface area contributed by atoms with Gasteiger partial charge in [-0.3, -0.25) is 19.2 Å². The van der Waals surface area contributed by atoms with Crippen LogP contribution >= 0.6 is 0 Å². The fraction of sp³-hybridized carbons (Fsp3) is 0.645. The van der Waals surface area contributed by atoms with Gasteiger partial charge in [0.2, 0.25) is 0 Å². The highest BCUT2D eigenvalue weighted by atomic mass is 19.3. The molecule has 1 amide bonds. The van der Waals surface area contributed by atoms with E-state index in [0.29, 0.717) is 24.2 Å². The summed E-state index contributed by atoms with van der Waals surface area (Å²) in [5.74, 6) is -6.95. The number of esters is 1. The van der Waals surface area contributed by atoms with Crippen LogP contribution in [0, 0.1) is 0 Å². The summed E-state index contributed by atoms with van der Waals surface area (Å²) in [5.41, 5.74) is -0.102. The third-order valence-electron chi connectivity index (χ3n) is 7.75. The molecule has 7 nitrogen and oxygen atoms in total. The van der Waals surface area contributed by atoms with E-state index in [4.69, 9.17) is 4.74 Å². The molecule has 1 saturated carbocycles. The summed E-state index contributed by atoms with van der Waals surface area (Å²) in [6.45, 7) is 6.48. The molecular weight excluding hydrogens is 552 g/mol. The molecule has 1 saturated heterocycles. The molecule has 0 spiro atoms. The Morgan fingerprint density at radius 3 is 2.45 bits per heavy atom. The normalized spacial score (nSPS) is 19.0. The van der Waals surface area contributed by atoms with Gasteiger partial charge in [0.05, 0.1) is 24.7 Å². The molecule has 0 radical (unpaired) electrons. The molecule has 2 aromatic rings. The Bertz CT molecular complexity index is 1250. The van der Waals surface area contributed by atoms with E-state index in [2.05, 4.69) is 10.4 Å².